The molecule has 0 unspecified atom stereocenters. The molecule has 2 aliphatic rings. The van der Waals surface area contributed by atoms with E-state index in [9.17, 15) is 4.79 Å². The van der Waals surface area contributed by atoms with Crippen molar-refractivity contribution in [2.24, 2.45) is 5.92 Å². The van der Waals surface area contributed by atoms with Crippen LogP contribution in [0.4, 0.5) is 5.69 Å². The van der Waals surface area contributed by atoms with E-state index in [1.54, 1.807) is 0 Å². The second-order valence-electron chi connectivity index (χ2n) is 7.34. The van der Waals surface area contributed by atoms with Crippen molar-refractivity contribution in [2.45, 2.75) is 38.6 Å². The van der Waals surface area contributed by atoms with Crippen LogP contribution in [0.15, 0.2) is 42.5 Å². The lowest BCUT2D eigenvalue weighted by atomic mass is 9.93. The predicted octanol–water partition coefficient (Wildman–Crippen LogP) is 3.06. The first-order valence-electron chi connectivity index (χ1n) is 9.70. The Morgan fingerprint density at radius 2 is 1.92 bits per heavy atom. The minimum atomic E-state index is 0.182. The molecule has 0 bridgehead atoms. The number of nitrogens with one attached hydrogen (secondary N) is 1. The van der Waals surface area contributed by atoms with Gasteiger partial charge in [0, 0.05) is 50.4 Å². The Hall–Kier alpha value is -1.81. The Kier molecular flexibility index (Phi) is 6.51. The molecule has 1 aromatic carbocycles. The van der Waals surface area contributed by atoms with Gasteiger partial charge in [-0.3, -0.25) is 9.69 Å². The van der Waals surface area contributed by atoms with Gasteiger partial charge in [0.1, 0.15) is 0 Å². The number of para-hydroxylation sites is 1. The van der Waals surface area contributed by atoms with Gasteiger partial charge in [0.15, 0.2) is 0 Å². The van der Waals surface area contributed by atoms with E-state index in [-0.39, 0.29) is 17.9 Å². The fourth-order valence-corrected chi connectivity index (χ4v) is 3.71. The van der Waals surface area contributed by atoms with Crippen LogP contribution in [0, 0.1) is 5.92 Å². The molecule has 25 heavy (non-hydrogen) atoms. The fraction of sp³-hybridized carbons (Fsp3) is 0.571. The van der Waals surface area contributed by atoms with Crippen molar-refractivity contribution in [3.05, 3.63) is 42.5 Å². The van der Waals surface area contributed by atoms with Gasteiger partial charge < -0.3 is 10.2 Å². The largest absolute Gasteiger partial charge is 0.369 e. The third-order valence-corrected chi connectivity index (χ3v) is 5.40. The average molecular weight is 341 g/mol. The van der Waals surface area contributed by atoms with E-state index in [1.807, 2.05) is 0 Å². The molecule has 1 aromatic rings. The normalized spacial score (nSPS) is 22.6. The van der Waals surface area contributed by atoms with Crippen LogP contribution >= 0.6 is 0 Å². The molecule has 3 rings (SSSR count). The fourth-order valence-electron chi connectivity index (χ4n) is 3.71. The quantitative estimate of drug-likeness (QED) is 0.808. The number of carbonyl (C=O) groups is 1. The van der Waals surface area contributed by atoms with E-state index >= 15 is 0 Å². The maximum absolute atomic E-state index is 12.3. The van der Waals surface area contributed by atoms with Crippen LogP contribution in [0.2, 0.25) is 0 Å². The maximum Gasteiger partial charge on any atom is 0.223 e. The zero-order valence-electron chi connectivity index (χ0n) is 15.4. The molecule has 1 saturated heterocycles. The first-order valence-corrected chi connectivity index (χ1v) is 9.70. The molecular formula is C21H31N3O. The van der Waals surface area contributed by atoms with E-state index in [1.165, 1.54) is 5.69 Å². The van der Waals surface area contributed by atoms with E-state index in [2.05, 4.69) is 64.5 Å². The van der Waals surface area contributed by atoms with Crippen molar-refractivity contribution >= 4 is 11.6 Å². The van der Waals surface area contributed by atoms with Crippen LogP contribution in [0.25, 0.3) is 0 Å². The van der Waals surface area contributed by atoms with Crippen LogP contribution in [-0.2, 0) is 4.79 Å². The molecule has 1 amide bonds. The van der Waals surface area contributed by atoms with Crippen molar-refractivity contribution in [2.75, 3.05) is 37.6 Å². The van der Waals surface area contributed by atoms with Crippen molar-refractivity contribution in [3.63, 3.8) is 0 Å². The van der Waals surface area contributed by atoms with Gasteiger partial charge in [0.05, 0.1) is 0 Å². The first-order chi connectivity index (χ1) is 12.2. The van der Waals surface area contributed by atoms with Gasteiger partial charge in [-0.2, -0.15) is 0 Å². The number of amides is 1. The third-order valence-electron chi connectivity index (χ3n) is 5.40. The van der Waals surface area contributed by atoms with Gasteiger partial charge in [0.25, 0.3) is 0 Å². The number of hydrogen-bond donors (Lipinski definition) is 1. The minimum Gasteiger partial charge on any atom is -0.369 e. The van der Waals surface area contributed by atoms with Gasteiger partial charge in [0.2, 0.25) is 5.91 Å². The summed E-state index contributed by atoms with van der Waals surface area (Å²) in [5.74, 6) is 0.424. The lowest BCUT2D eigenvalue weighted by Gasteiger charge is -2.36. The summed E-state index contributed by atoms with van der Waals surface area (Å²) >= 11 is 0. The number of rotatable bonds is 6. The van der Waals surface area contributed by atoms with Crippen LogP contribution in [-0.4, -0.2) is 49.6 Å². The number of nitrogens with zero attached hydrogens (tertiary/aromatic N) is 2. The van der Waals surface area contributed by atoms with Gasteiger partial charge in [-0.25, -0.2) is 0 Å². The molecular weight excluding hydrogens is 310 g/mol. The number of anilines is 1. The first kappa shape index (κ1) is 18.0. The lowest BCUT2D eigenvalue weighted by molar-refractivity contribution is -0.125. The molecule has 0 spiro atoms. The molecule has 4 nitrogen and oxygen atoms in total. The summed E-state index contributed by atoms with van der Waals surface area (Å²) < 4.78 is 0. The monoisotopic (exact) mass is 341 g/mol. The van der Waals surface area contributed by atoms with Crippen LogP contribution in [0.1, 0.15) is 32.6 Å². The van der Waals surface area contributed by atoms with Gasteiger partial charge in [-0.1, -0.05) is 30.4 Å². The molecule has 2 atom stereocenters. The molecule has 136 valence electrons. The molecule has 1 aliphatic carbocycles. The smallest absolute Gasteiger partial charge is 0.223 e. The third kappa shape index (κ3) is 5.33. The van der Waals surface area contributed by atoms with Crippen LogP contribution in [0.3, 0.4) is 0 Å². The van der Waals surface area contributed by atoms with Crippen molar-refractivity contribution < 1.29 is 4.79 Å². The van der Waals surface area contributed by atoms with E-state index in [0.717, 1.165) is 58.4 Å². The summed E-state index contributed by atoms with van der Waals surface area (Å²) in [5.41, 5.74) is 1.32. The molecule has 0 aromatic heterocycles. The van der Waals surface area contributed by atoms with Crippen molar-refractivity contribution in [1.82, 2.24) is 10.2 Å². The summed E-state index contributed by atoms with van der Waals surface area (Å²) in [6.07, 6.45) is 8.29. The second kappa shape index (κ2) is 9.04. The zero-order chi connectivity index (χ0) is 17.5. The Labute approximate surface area is 151 Å². The lowest BCUT2D eigenvalue weighted by Crippen LogP contribution is -2.48. The van der Waals surface area contributed by atoms with E-state index in [4.69, 9.17) is 0 Å². The second-order valence-corrected chi connectivity index (χ2v) is 7.34. The highest BCUT2D eigenvalue weighted by molar-refractivity contribution is 5.79. The number of carbonyl (C=O) groups excluding carboxylic acids is 1. The predicted molar refractivity (Wildman–Crippen MR) is 104 cm³/mol. The summed E-state index contributed by atoms with van der Waals surface area (Å²) in [7, 11) is 0. The summed E-state index contributed by atoms with van der Waals surface area (Å²) in [4.78, 5) is 17.3. The molecule has 4 heteroatoms. The number of hydrogen-bond acceptors (Lipinski definition) is 3. The number of piperazine rings is 1. The standard InChI is InChI=1S/C21H31N3O/c1-18(22-21(25)19-8-4-2-5-9-19)12-13-23-14-16-24(17-15-23)20-10-6-3-7-11-20/h2-4,6-7,10-11,18-19H,5,8-9,12-17H2,1H3,(H,22,25)/t18-,19-/m1/s1. The summed E-state index contributed by atoms with van der Waals surface area (Å²) in [5, 5.41) is 3.21. The Balaban J connectivity index is 1.35. The summed E-state index contributed by atoms with van der Waals surface area (Å²) in [6, 6.07) is 10.9. The SMILES string of the molecule is C[C@H](CCN1CCN(c2ccccc2)CC1)NC(=O)[C@@H]1CC=CCC1. The molecule has 1 fully saturated rings. The van der Waals surface area contributed by atoms with Gasteiger partial charge in [-0.15, -0.1) is 0 Å². The number of benzene rings is 1. The minimum absolute atomic E-state index is 0.182. The molecule has 0 radical (unpaired) electrons. The molecule has 1 aliphatic heterocycles. The van der Waals surface area contributed by atoms with Crippen molar-refractivity contribution in [1.29, 1.82) is 0 Å². The summed E-state index contributed by atoms with van der Waals surface area (Å²) in [6.45, 7) is 7.57. The Bertz CT molecular complexity index is 564. The van der Waals surface area contributed by atoms with Crippen molar-refractivity contribution in [3.8, 4) is 0 Å². The van der Waals surface area contributed by atoms with Crippen LogP contribution < -0.4 is 10.2 Å². The highest BCUT2D eigenvalue weighted by Crippen LogP contribution is 2.19. The highest BCUT2D eigenvalue weighted by Gasteiger charge is 2.21. The Morgan fingerprint density at radius 1 is 1.16 bits per heavy atom. The van der Waals surface area contributed by atoms with Gasteiger partial charge >= 0.3 is 0 Å². The maximum atomic E-state index is 12.3. The molecule has 0 saturated carbocycles. The highest BCUT2D eigenvalue weighted by atomic mass is 16.1. The van der Waals surface area contributed by atoms with E-state index < -0.39 is 0 Å². The molecule has 1 N–H and O–H groups in total. The number of allylic oxidation sites excluding steroid dienone is 2. The van der Waals surface area contributed by atoms with E-state index in [0.29, 0.717) is 0 Å². The average Bonchev–Trinajstić information content (AvgIpc) is 2.68. The topological polar surface area (TPSA) is 35.6 Å². The molecule has 1 heterocycles. The van der Waals surface area contributed by atoms with Crippen LogP contribution in [0.5, 0.6) is 0 Å². The zero-order valence-corrected chi connectivity index (χ0v) is 15.4. The Morgan fingerprint density at radius 3 is 2.60 bits per heavy atom. The van der Waals surface area contributed by atoms with Gasteiger partial charge in [-0.05, 0) is 44.7 Å².